The predicted octanol–water partition coefficient (Wildman–Crippen LogP) is 2.34. The summed E-state index contributed by atoms with van der Waals surface area (Å²) in [5, 5.41) is 7.14. The van der Waals surface area contributed by atoms with Gasteiger partial charge in [0.15, 0.2) is 0 Å². The van der Waals surface area contributed by atoms with Crippen LogP contribution in [0.3, 0.4) is 0 Å². The highest BCUT2D eigenvalue weighted by atomic mass is 32.2. The number of sulfonamides is 1. The van der Waals surface area contributed by atoms with E-state index in [0.717, 1.165) is 10.4 Å². The van der Waals surface area contributed by atoms with Crippen molar-refractivity contribution < 1.29 is 13.2 Å². The summed E-state index contributed by atoms with van der Waals surface area (Å²) in [6.45, 7) is 0.823. The van der Waals surface area contributed by atoms with E-state index < -0.39 is 10.0 Å². The zero-order valence-corrected chi connectivity index (χ0v) is 12.6. The Morgan fingerprint density at radius 3 is 2.50 bits per heavy atom. The summed E-state index contributed by atoms with van der Waals surface area (Å²) in [7, 11) is -3.53. The van der Waals surface area contributed by atoms with Gasteiger partial charge >= 0.3 is 0 Å². The molecule has 2 rings (SSSR count). The molecule has 0 fully saturated rings. The number of nitrogens with two attached hydrogens (primary N) is 1. The van der Waals surface area contributed by atoms with Gasteiger partial charge in [-0.1, -0.05) is 36.4 Å². The fourth-order valence-corrected chi connectivity index (χ4v) is 3.43. The van der Waals surface area contributed by atoms with Crippen LogP contribution in [0.15, 0.2) is 47.8 Å². The molecule has 2 aromatic rings. The molecule has 2 N–H and O–H groups in total. The Morgan fingerprint density at radius 2 is 1.90 bits per heavy atom. The number of hydrogen-bond donors (Lipinski definition) is 1. The van der Waals surface area contributed by atoms with Gasteiger partial charge < -0.3 is 4.74 Å². The van der Waals surface area contributed by atoms with Crippen LogP contribution in [-0.4, -0.2) is 20.8 Å². The molecule has 0 bridgehead atoms. The lowest BCUT2D eigenvalue weighted by Crippen LogP contribution is -2.24. The van der Waals surface area contributed by atoms with E-state index in [-0.39, 0.29) is 11.7 Å². The van der Waals surface area contributed by atoms with E-state index >= 15 is 0 Å². The minimum absolute atomic E-state index is 0.110. The lowest BCUT2D eigenvalue weighted by atomic mass is 10.0. The molecule has 0 spiro atoms. The minimum Gasteiger partial charge on any atom is -0.375 e. The number of rotatable bonds is 7. The summed E-state index contributed by atoms with van der Waals surface area (Å²) < 4.78 is 28.3. The van der Waals surface area contributed by atoms with Crippen molar-refractivity contribution >= 4 is 21.4 Å². The lowest BCUT2D eigenvalue weighted by Gasteiger charge is -2.16. The molecular weight excluding hydrogens is 294 g/mol. The van der Waals surface area contributed by atoms with Crippen LogP contribution in [-0.2, 0) is 21.4 Å². The van der Waals surface area contributed by atoms with Crippen LogP contribution in [0.1, 0.15) is 16.4 Å². The largest absolute Gasteiger partial charge is 0.375 e. The molecule has 0 aliphatic carbocycles. The van der Waals surface area contributed by atoms with Crippen molar-refractivity contribution in [3.8, 4) is 0 Å². The third-order valence-electron chi connectivity index (χ3n) is 2.85. The normalized spacial score (nSPS) is 13.2. The van der Waals surface area contributed by atoms with Crippen molar-refractivity contribution in [1.29, 1.82) is 0 Å². The fraction of sp³-hybridized carbons (Fsp3) is 0.286. The van der Waals surface area contributed by atoms with Gasteiger partial charge in [-0.3, -0.25) is 0 Å². The molecule has 1 atom stereocenters. The SMILES string of the molecule is NS(=O)(=O)CC(COCc1cccs1)c1ccccc1. The van der Waals surface area contributed by atoms with E-state index in [2.05, 4.69) is 0 Å². The van der Waals surface area contributed by atoms with Crippen molar-refractivity contribution in [3.63, 3.8) is 0 Å². The summed E-state index contributed by atoms with van der Waals surface area (Å²) in [5.41, 5.74) is 0.924. The van der Waals surface area contributed by atoms with Gasteiger partial charge in [-0.15, -0.1) is 11.3 Å². The Labute approximate surface area is 123 Å². The van der Waals surface area contributed by atoms with Crippen LogP contribution in [0, 0.1) is 0 Å². The molecule has 4 nitrogen and oxygen atoms in total. The maximum atomic E-state index is 11.3. The monoisotopic (exact) mass is 311 g/mol. The van der Waals surface area contributed by atoms with E-state index in [0.29, 0.717) is 13.2 Å². The van der Waals surface area contributed by atoms with Gasteiger partial charge in [0.2, 0.25) is 10.0 Å². The van der Waals surface area contributed by atoms with Crippen molar-refractivity contribution in [1.82, 2.24) is 0 Å². The van der Waals surface area contributed by atoms with Gasteiger partial charge in [0.1, 0.15) is 0 Å². The van der Waals surface area contributed by atoms with Gasteiger partial charge in [0.05, 0.1) is 19.0 Å². The van der Waals surface area contributed by atoms with Crippen LogP contribution >= 0.6 is 11.3 Å². The van der Waals surface area contributed by atoms with Crippen LogP contribution in [0.4, 0.5) is 0 Å². The maximum Gasteiger partial charge on any atom is 0.209 e. The quantitative estimate of drug-likeness (QED) is 0.853. The second-order valence-electron chi connectivity index (χ2n) is 4.53. The van der Waals surface area contributed by atoms with Crippen LogP contribution in [0.25, 0.3) is 0 Å². The molecule has 1 aromatic heterocycles. The first-order chi connectivity index (χ1) is 9.54. The number of hydrogen-bond acceptors (Lipinski definition) is 4. The van der Waals surface area contributed by atoms with E-state index in [1.54, 1.807) is 11.3 Å². The highest BCUT2D eigenvalue weighted by molar-refractivity contribution is 7.89. The van der Waals surface area contributed by atoms with Crippen LogP contribution < -0.4 is 5.14 Å². The van der Waals surface area contributed by atoms with Gasteiger partial charge in [-0.25, -0.2) is 13.6 Å². The number of thiophene rings is 1. The van der Waals surface area contributed by atoms with E-state index in [9.17, 15) is 8.42 Å². The highest BCUT2D eigenvalue weighted by Gasteiger charge is 2.18. The van der Waals surface area contributed by atoms with Gasteiger partial charge in [-0.2, -0.15) is 0 Å². The molecule has 1 heterocycles. The number of benzene rings is 1. The standard InChI is InChI=1S/C14H17NO3S2/c15-20(16,17)11-13(12-5-2-1-3-6-12)9-18-10-14-7-4-8-19-14/h1-8,13H,9-11H2,(H2,15,16,17). The van der Waals surface area contributed by atoms with Crippen LogP contribution in [0.5, 0.6) is 0 Å². The van der Waals surface area contributed by atoms with Crippen molar-refractivity contribution in [3.05, 3.63) is 58.3 Å². The molecule has 1 aromatic carbocycles. The van der Waals surface area contributed by atoms with Crippen molar-refractivity contribution in [2.24, 2.45) is 5.14 Å². The van der Waals surface area contributed by atoms with Crippen molar-refractivity contribution in [2.45, 2.75) is 12.5 Å². The molecular formula is C14H17NO3S2. The smallest absolute Gasteiger partial charge is 0.209 e. The Bertz CT molecular complexity index is 609. The fourth-order valence-electron chi connectivity index (χ4n) is 1.94. The maximum absolute atomic E-state index is 11.3. The topological polar surface area (TPSA) is 69.4 Å². The van der Waals surface area contributed by atoms with Gasteiger partial charge in [-0.05, 0) is 17.0 Å². The number of ether oxygens (including phenoxy) is 1. The molecule has 0 amide bonds. The Balaban J connectivity index is 1.99. The summed E-state index contributed by atoms with van der Waals surface area (Å²) in [5.74, 6) is -0.354. The van der Waals surface area contributed by atoms with E-state index in [1.165, 1.54) is 0 Å². The molecule has 6 heteroatoms. The first-order valence-electron chi connectivity index (χ1n) is 6.20. The Kier molecular flexibility index (Phi) is 5.31. The summed E-state index contributed by atoms with van der Waals surface area (Å²) in [4.78, 5) is 1.12. The molecule has 0 aliphatic heterocycles. The second-order valence-corrected chi connectivity index (χ2v) is 7.22. The first-order valence-corrected chi connectivity index (χ1v) is 8.79. The molecule has 0 saturated carbocycles. The first kappa shape index (κ1) is 15.2. The third kappa shape index (κ3) is 5.05. The average molecular weight is 311 g/mol. The van der Waals surface area contributed by atoms with Gasteiger partial charge in [0.25, 0.3) is 0 Å². The molecule has 0 saturated heterocycles. The minimum atomic E-state index is -3.53. The molecule has 20 heavy (non-hydrogen) atoms. The third-order valence-corrected chi connectivity index (χ3v) is 4.56. The molecule has 0 radical (unpaired) electrons. The zero-order valence-electron chi connectivity index (χ0n) is 10.9. The molecule has 1 unspecified atom stereocenters. The Hall–Kier alpha value is -1.21. The van der Waals surface area contributed by atoms with Gasteiger partial charge in [0, 0.05) is 10.8 Å². The van der Waals surface area contributed by atoms with E-state index in [4.69, 9.17) is 9.88 Å². The summed E-state index contributed by atoms with van der Waals surface area (Å²) >= 11 is 1.62. The summed E-state index contributed by atoms with van der Waals surface area (Å²) in [6.07, 6.45) is 0. The second kappa shape index (κ2) is 6.99. The Morgan fingerprint density at radius 1 is 1.15 bits per heavy atom. The molecule has 108 valence electrons. The average Bonchev–Trinajstić information content (AvgIpc) is 2.90. The summed E-state index contributed by atoms with van der Waals surface area (Å²) in [6, 6.07) is 13.4. The zero-order chi connectivity index (χ0) is 14.4. The highest BCUT2D eigenvalue weighted by Crippen LogP contribution is 2.19. The lowest BCUT2D eigenvalue weighted by molar-refractivity contribution is 0.113. The molecule has 0 aliphatic rings. The van der Waals surface area contributed by atoms with Crippen LogP contribution in [0.2, 0.25) is 0 Å². The number of primary sulfonamides is 1. The predicted molar refractivity (Wildman–Crippen MR) is 81.1 cm³/mol. The van der Waals surface area contributed by atoms with E-state index in [1.807, 2.05) is 47.8 Å². The van der Waals surface area contributed by atoms with Crippen molar-refractivity contribution in [2.75, 3.05) is 12.4 Å².